The van der Waals surface area contributed by atoms with Gasteiger partial charge in [0.05, 0.1) is 13.2 Å². The van der Waals surface area contributed by atoms with Gasteiger partial charge in [0, 0.05) is 22.8 Å². The van der Waals surface area contributed by atoms with Crippen LogP contribution in [0.15, 0.2) is 97.1 Å². The van der Waals surface area contributed by atoms with Crippen LogP contribution in [-0.2, 0) is 29.0 Å². The first kappa shape index (κ1) is 27.2. The molecule has 202 valence electrons. The Morgan fingerprint density at radius 1 is 0.846 bits per heavy atom. The highest BCUT2D eigenvalue weighted by Crippen LogP contribution is 2.44. The van der Waals surface area contributed by atoms with Gasteiger partial charge in [-0.05, 0) is 79.4 Å². The predicted molar refractivity (Wildman–Crippen MR) is 154 cm³/mol. The van der Waals surface area contributed by atoms with Crippen LogP contribution in [0.1, 0.15) is 42.2 Å². The van der Waals surface area contributed by atoms with Gasteiger partial charge >= 0.3 is 0 Å². The van der Waals surface area contributed by atoms with E-state index in [-0.39, 0.29) is 18.0 Å². The van der Waals surface area contributed by atoms with Gasteiger partial charge in [0.1, 0.15) is 29.4 Å². The zero-order valence-electron chi connectivity index (χ0n) is 22.2. The van der Waals surface area contributed by atoms with Gasteiger partial charge in [0.2, 0.25) is 0 Å². The minimum atomic E-state index is -0.633. The number of rotatable bonds is 10. The summed E-state index contributed by atoms with van der Waals surface area (Å²) >= 11 is 6.21. The topological polar surface area (TPSA) is 39.7 Å². The van der Waals surface area contributed by atoms with Crippen molar-refractivity contribution in [3.63, 3.8) is 0 Å². The van der Waals surface area contributed by atoms with Crippen LogP contribution >= 0.6 is 11.6 Å². The van der Waals surface area contributed by atoms with Crippen LogP contribution in [0, 0.1) is 5.82 Å². The Morgan fingerprint density at radius 3 is 2.38 bits per heavy atom. The zero-order chi connectivity index (χ0) is 27.2. The van der Waals surface area contributed by atoms with Crippen LogP contribution in [0.25, 0.3) is 0 Å². The summed E-state index contributed by atoms with van der Waals surface area (Å²) in [5.41, 5.74) is 4.42. The third-order valence-electron chi connectivity index (χ3n) is 6.91. The molecule has 39 heavy (non-hydrogen) atoms. The van der Waals surface area contributed by atoms with E-state index < -0.39 is 5.60 Å². The van der Waals surface area contributed by atoms with Crippen molar-refractivity contribution in [1.82, 2.24) is 0 Å². The van der Waals surface area contributed by atoms with Crippen LogP contribution in [0.4, 0.5) is 10.1 Å². The second-order valence-corrected chi connectivity index (χ2v) is 10.8. The summed E-state index contributed by atoms with van der Waals surface area (Å²) in [5, 5.41) is 4.12. The molecular weight excluding hydrogens is 513 g/mol. The Morgan fingerprint density at radius 2 is 1.62 bits per heavy atom. The first-order valence-electron chi connectivity index (χ1n) is 13.2. The lowest BCUT2D eigenvalue weighted by molar-refractivity contribution is -0.167. The maximum Gasteiger partial charge on any atom is 0.132 e. The Labute approximate surface area is 234 Å². The van der Waals surface area contributed by atoms with E-state index in [1.807, 2.05) is 68.4 Å². The molecule has 6 heteroatoms. The molecule has 0 amide bonds. The highest BCUT2D eigenvalue weighted by molar-refractivity contribution is 6.30. The van der Waals surface area contributed by atoms with E-state index in [0.717, 1.165) is 34.5 Å². The first-order valence-corrected chi connectivity index (χ1v) is 13.6. The van der Waals surface area contributed by atoms with Gasteiger partial charge in [0.25, 0.3) is 0 Å². The average molecular weight is 546 g/mol. The fourth-order valence-electron chi connectivity index (χ4n) is 4.88. The molecule has 0 fully saturated rings. The van der Waals surface area contributed by atoms with E-state index in [9.17, 15) is 4.39 Å². The predicted octanol–water partition coefficient (Wildman–Crippen LogP) is 8.15. The molecule has 1 aliphatic rings. The standard InChI is InChI=1S/C33H33ClFNO3/c1-33(2)32(38-22-25-9-6-10-26(34)19-25)31(37-18-17-23-7-4-3-5-8-23)29-20-28(15-16-30(29)39-33)36-21-24-11-13-27(35)14-12-24/h3-16,19-20,31-32,36H,17-18,21-22H2,1-2H3. The van der Waals surface area contributed by atoms with E-state index in [2.05, 4.69) is 23.5 Å². The number of halogens is 2. The van der Waals surface area contributed by atoms with E-state index in [1.54, 1.807) is 12.1 Å². The summed E-state index contributed by atoms with van der Waals surface area (Å²) in [4.78, 5) is 0. The largest absolute Gasteiger partial charge is 0.485 e. The van der Waals surface area contributed by atoms with Crippen LogP contribution in [0.2, 0.25) is 5.02 Å². The van der Waals surface area contributed by atoms with Crippen molar-refractivity contribution in [2.24, 2.45) is 0 Å². The van der Waals surface area contributed by atoms with Gasteiger partial charge in [-0.25, -0.2) is 4.39 Å². The molecule has 0 radical (unpaired) electrons. The molecule has 4 aromatic rings. The fraction of sp³-hybridized carbons (Fsp3) is 0.273. The van der Waals surface area contributed by atoms with E-state index in [4.69, 9.17) is 25.8 Å². The van der Waals surface area contributed by atoms with E-state index in [1.165, 1.54) is 17.7 Å². The zero-order valence-corrected chi connectivity index (χ0v) is 23.0. The van der Waals surface area contributed by atoms with Crippen molar-refractivity contribution >= 4 is 17.3 Å². The minimum Gasteiger partial charge on any atom is -0.485 e. The van der Waals surface area contributed by atoms with Crippen LogP contribution in [0.5, 0.6) is 5.75 Å². The van der Waals surface area contributed by atoms with Crippen LogP contribution < -0.4 is 10.1 Å². The molecule has 0 bridgehead atoms. The quantitative estimate of drug-likeness (QED) is 0.218. The molecule has 0 saturated carbocycles. The molecule has 1 heterocycles. The SMILES string of the molecule is CC1(C)Oc2ccc(NCc3ccc(F)cc3)cc2C(OCCc2ccccc2)C1OCc1cccc(Cl)c1. The van der Waals surface area contributed by atoms with Gasteiger partial charge in [-0.1, -0.05) is 66.2 Å². The Balaban J connectivity index is 1.39. The number of anilines is 1. The van der Waals surface area contributed by atoms with Crippen LogP contribution in [-0.4, -0.2) is 18.3 Å². The smallest absolute Gasteiger partial charge is 0.132 e. The highest BCUT2D eigenvalue weighted by atomic mass is 35.5. The summed E-state index contributed by atoms with van der Waals surface area (Å²) in [5.74, 6) is 0.534. The first-order chi connectivity index (χ1) is 18.9. The second kappa shape index (κ2) is 12.2. The van der Waals surface area contributed by atoms with Crippen molar-refractivity contribution in [1.29, 1.82) is 0 Å². The molecule has 0 saturated heterocycles. The van der Waals surface area contributed by atoms with Gasteiger partial charge in [0.15, 0.2) is 0 Å². The normalized spacial score (nSPS) is 17.7. The molecule has 1 aliphatic heterocycles. The van der Waals surface area contributed by atoms with Crippen molar-refractivity contribution < 1.29 is 18.6 Å². The molecular formula is C33H33ClFNO3. The van der Waals surface area contributed by atoms with Gasteiger partial charge < -0.3 is 19.5 Å². The Bertz CT molecular complexity index is 1380. The summed E-state index contributed by atoms with van der Waals surface area (Å²) in [6, 6.07) is 30.5. The summed E-state index contributed by atoms with van der Waals surface area (Å²) in [6.45, 7) is 5.56. The molecule has 4 nitrogen and oxygen atoms in total. The maximum atomic E-state index is 13.3. The highest BCUT2D eigenvalue weighted by Gasteiger charge is 2.45. The van der Waals surface area contributed by atoms with Crippen LogP contribution in [0.3, 0.4) is 0 Å². The number of benzene rings is 4. The molecule has 4 aromatic carbocycles. The van der Waals surface area contributed by atoms with Crippen molar-refractivity contribution in [2.75, 3.05) is 11.9 Å². The maximum absolute atomic E-state index is 13.3. The third-order valence-corrected chi connectivity index (χ3v) is 7.14. The number of hydrogen-bond donors (Lipinski definition) is 1. The van der Waals surface area contributed by atoms with E-state index >= 15 is 0 Å². The van der Waals surface area contributed by atoms with Crippen molar-refractivity contribution in [3.05, 3.63) is 130 Å². The Hall–Kier alpha value is -3.38. The Kier molecular flexibility index (Phi) is 8.51. The number of hydrogen-bond acceptors (Lipinski definition) is 4. The molecule has 1 N–H and O–H groups in total. The minimum absolute atomic E-state index is 0.244. The van der Waals surface area contributed by atoms with Gasteiger partial charge in [-0.2, -0.15) is 0 Å². The van der Waals surface area contributed by atoms with Gasteiger partial charge in [-0.3, -0.25) is 0 Å². The van der Waals surface area contributed by atoms with Crippen molar-refractivity contribution in [2.45, 2.75) is 51.2 Å². The van der Waals surface area contributed by atoms with Gasteiger partial charge in [-0.15, -0.1) is 0 Å². The number of nitrogens with one attached hydrogen (secondary N) is 1. The molecule has 0 aliphatic carbocycles. The average Bonchev–Trinajstić information content (AvgIpc) is 2.92. The molecule has 2 unspecified atom stereocenters. The molecule has 0 spiro atoms. The lowest BCUT2D eigenvalue weighted by atomic mass is 9.87. The second-order valence-electron chi connectivity index (χ2n) is 10.3. The lowest BCUT2D eigenvalue weighted by Crippen LogP contribution is -2.51. The lowest BCUT2D eigenvalue weighted by Gasteiger charge is -2.44. The number of fused-ring (bicyclic) bond motifs is 1. The number of ether oxygens (including phenoxy) is 3. The summed E-state index contributed by atoms with van der Waals surface area (Å²) in [7, 11) is 0. The molecule has 2 atom stereocenters. The fourth-order valence-corrected chi connectivity index (χ4v) is 5.09. The monoisotopic (exact) mass is 545 g/mol. The third kappa shape index (κ3) is 6.99. The summed E-state index contributed by atoms with van der Waals surface area (Å²) in [6.07, 6.45) is 0.0728. The van der Waals surface area contributed by atoms with Crippen molar-refractivity contribution in [3.8, 4) is 5.75 Å². The molecule has 0 aromatic heterocycles. The molecule has 5 rings (SSSR count). The summed E-state index contributed by atoms with van der Waals surface area (Å²) < 4.78 is 32.9. The van der Waals surface area contributed by atoms with E-state index in [0.29, 0.717) is 24.8 Å².